The van der Waals surface area contributed by atoms with Crippen molar-refractivity contribution in [1.82, 2.24) is 4.57 Å². The fraction of sp³-hybridized carbons (Fsp3) is 0.273. The van der Waals surface area contributed by atoms with E-state index in [2.05, 4.69) is 23.7 Å². The molecule has 2 aromatic carbocycles. The van der Waals surface area contributed by atoms with E-state index < -0.39 is 21.0 Å². The highest BCUT2D eigenvalue weighted by Crippen LogP contribution is 2.24. The van der Waals surface area contributed by atoms with Crippen LogP contribution in [0.25, 0.3) is 10.2 Å². The van der Waals surface area contributed by atoms with Crippen LogP contribution in [0, 0.1) is 13.8 Å². The van der Waals surface area contributed by atoms with Crippen molar-refractivity contribution in [2.75, 3.05) is 0 Å². The van der Waals surface area contributed by atoms with Gasteiger partial charge in [0.15, 0.2) is 14.6 Å². The maximum absolute atomic E-state index is 12.7. The molecule has 1 aromatic heterocycles. The van der Waals surface area contributed by atoms with Crippen LogP contribution < -0.4 is 4.80 Å². The Kier molecular flexibility index (Phi) is 5.91. The number of carbonyl (C=O) groups is 1. The van der Waals surface area contributed by atoms with Crippen LogP contribution in [-0.2, 0) is 16.4 Å². The quantitative estimate of drug-likeness (QED) is 0.565. The summed E-state index contributed by atoms with van der Waals surface area (Å²) in [6.45, 7) is 11.7. The number of allylic oxidation sites excluding steroid dienone is 1. The van der Waals surface area contributed by atoms with Gasteiger partial charge in [-0.25, -0.2) is 8.42 Å². The van der Waals surface area contributed by atoms with Crippen molar-refractivity contribution in [1.29, 1.82) is 0 Å². The van der Waals surface area contributed by atoms with Crippen molar-refractivity contribution in [3.63, 3.8) is 0 Å². The van der Waals surface area contributed by atoms with E-state index in [-0.39, 0.29) is 4.90 Å². The molecule has 0 N–H and O–H groups in total. The number of amides is 1. The molecule has 0 spiro atoms. The van der Waals surface area contributed by atoms with E-state index in [1.807, 2.05) is 18.4 Å². The van der Waals surface area contributed by atoms with Gasteiger partial charge in [-0.05, 0) is 69.2 Å². The van der Waals surface area contributed by atoms with Crippen molar-refractivity contribution in [2.45, 2.75) is 44.4 Å². The monoisotopic (exact) mass is 428 g/mol. The second-order valence-electron chi connectivity index (χ2n) is 7.25. The number of carbonyl (C=O) groups excluding carboxylic acids is 1. The van der Waals surface area contributed by atoms with Crippen molar-refractivity contribution < 1.29 is 13.2 Å². The van der Waals surface area contributed by atoms with Crippen LogP contribution in [0.4, 0.5) is 0 Å². The van der Waals surface area contributed by atoms with Crippen LogP contribution in [0.15, 0.2) is 58.9 Å². The molecule has 0 unspecified atom stereocenters. The van der Waals surface area contributed by atoms with Gasteiger partial charge in [-0.1, -0.05) is 23.5 Å². The molecular formula is C22H24N2O3S2. The molecule has 7 heteroatoms. The summed E-state index contributed by atoms with van der Waals surface area (Å²) in [5.41, 5.74) is 3.66. The molecule has 1 heterocycles. The first-order valence-corrected chi connectivity index (χ1v) is 11.7. The Morgan fingerprint density at radius 2 is 1.86 bits per heavy atom. The van der Waals surface area contributed by atoms with Gasteiger partial charge in [0.25, 0.3) is 5.91 Å². The zero-order valence-corrected chi connectivity index (χ0v) is 18.6. The Morgan fingerprint density at radius 1 is 1.21 bits per heavy atom. The van der Waals surface area contributed by atoms with E-state index >= 15 is 0 Å². The SMILES string of the molecule is C=CCn1c(=NC(=O)c2ccc(S(=O)(=O)C(C)C)cc2)sc2c(C)cc(C)cc21. The third-order valence-corrected chi connectivity index (χ3v) is 8.07. The molecule has 0 saturated carbocycles. The standard InChI is InChI=1S/C22H24N2O3S2/c1-6-11-24-19-13-15(4)12-16(5)20(19)28-22(24)23-21(25)17-7-9-18(10-8-17)29(26,27)14(2)3/h6-10,12-14H,1,11H2,2-5H3. The minimum atomic E-state index is -3.37. The van der Waals surface area contributed by atoms with Crippen LogP contribution >= 0.6 is 11.3 Å². The average Bonchev–Trinajstić information content (AvgIpc) is 3.00. The Bertz CT molecular complexity index is 1260. The van der Waals surface area contributed by atoms with Gasteiger partial charge in [-0.15, -0.1) is 6.58 Å². The lowest BCUT2D eigenvalue weighted by molar-refractivity contribution is 0.0998. The van der Waals surface area contributed by atoms with E-state index in [0.29, 0.717) is 16.9 Å². The van der Waals surface area contributed by atoms with Gasteiger partial charge in [0, 0.05) is 12.1 Å². The number of hydrogen-bond acceptors (Lipinski definition) is 4. The van der Waals surface area contributed by atoms with E-state index in [9.17, 15) is 13.2 Å². The first-order chi connectivity index (χ1) is 13.6. The molecule has 3 rings (SSSR count). The largest absolute Gasteiger partial charge is 0.312 e. The molecule has 29 heavy (non-hydrogen) atoms. The fourth-order valence-corrected chi connectivity index (χ4v) is 5.26. The molecule has 1 amide bonds. The number of nitrogens with zero attached hydrogens (tertiary/aromatic N) is 2. The lowest BCUT2D eigenvalue weighted by Crippen LogP contribution is -2.16. The summed E-state index contributed by atoms with van der Waals surface area (Å²) in [5.74, 6) is -0.405. The predicted octanol–water partition coefficient (Wildman–Crippen LogP) is 4.43. The second-order valence-corrected chi connectivity index (χ2v) is 10.7. The van der Waals surface area contributed by atoms with Gasteiger partial charge in [0.1, 0.15) is 0 Å². The lowest BCUT2D eigenvalue weighted by atomic mass is 10.1. The molecule has 0 aliphatic heterocycles. The predicted molar refractivity (Wildman–Crippen MR) is 118 cm³/mol. The Morgan fingerprint density at radius 3 is 2.45 bits per heavy atom. The first kappa shape index (κ1) is 21.2. The molecule has 3 aromatic rings. The molecule has 0 bridgehead atoms. The van der Waals surface area contributed by atoms with Crippen molar-refractivity contribution in [2.24, 2.45) is 4.99 Å². The minimum absolute atomic E-state index is 0.207. The van der Waals surface area contributed by atoms with Crippen molar-refractivity contribution in [3.05, 3.63) is 70.5 Å². The highest BCUT2D eigenvalue weighted by atomic mass is 32.2. The Balaban J connectivity index is 2.07. The minimum Gasteiger partial charge on any atom is -0.312 e. The molecule has 0 fully saturated rings. The highest BCUT2D eigenvalue weighted by Gasteiger charge is 2.19. The maximum atomic E-state index is 12.7. The summed E-state index contributed by atoms with van der Waals surface area (Å²) in [6, 6.07) is 10.2. The van der Waals surface area contributed by atoms with Crippen molar-refractivity contribution in [3.8, 4) is 0 Å². The zero-order valence-electron chi connectivity index (χ0n) is 17.0. The number of sulfone groups is 1. The van der Waals surface area contributed by atoms with Gasteiger partial charge >= 0.3 is 0 Å². The molecule has 0 aliphatic carbocycles. The molecule has 0 aliphatic rings. The van der Waals surface area contributed by atoms with E-state index in [0.717, 1.165) is 21.3 Å². The smallest absolute Gasteiger partial charge is 0.279 e. The van der Waals surface area contributed by atoms with Gasteiger partial charge in [-0.2, -0.15) is 4.99 Å². The number of aryl methyl sites for hydroxylation is 2. The van der Waals surface area contributed by atoms with Crippen LogP contribution in [0.5, 0.6) is 0 Å². The molecule has 0 atom stereocenters. The molecule has 0 radical (unpaired) electrons. The topological polar surface area (TPSA) is 68.5 Å². The Hall–Kier alpha value is -2.51. The second kappa shape index (κ2) is 8.08. The number of benzene rings is 2. The number of fused-ring (bicyclic) bond motifs is 1. The van der Waals surface area contributed by atoms with Crippen LogP contribution in [-0.4, -0.2) is 24.1 Å². The maximum Gasteiger partial charge on any atom is 0.279 e. The third-order valence-electron chi connectivity index (χ3n) is 4.67. The normalized spacial score (nSPS) is 12.7. The number of thiazole rings is 1. The average molecular weight is 429 g/mol. The summed E-state index contributed by atoms with van der Waals surface area (Å²) >= 11 is 1.47. The fourth-order valence-electron chi connectivity index (χ4n) is 3.11. The van der Waals surface area contributed by atoms with Crippen LogP contribution in [0.2, 0.25) is 0 Å². The van der Waals surface area contributed by atoms with Gasteiger partial charge in [-0.3, -0.25) is 4.79 Å². The van der Waals surface area contributed by atoms with Gasteiger partial charge < -0.3 is 4.57 Å². The summed E-state index contributed by atoms with van der Waals surface area (Å²) in [7, 11) is -3.37. The molecule has 0 saturated heterocycles. The van der Waals surface area contributed by atoms with Crippen LogP contribution in [0.1, 0.15) is 35.3 Å². The summed E-state index contributed by atoms with van der Waals surface area (Å²) < 4.78 is 27.6. The summed E-state index contributed by atoms with van der Waals surface area (Å²) in [4.78, 5) is 17.9. The first-order valence-electron chi connectivity index (χ1n) is 9.29. The lowest BCUT2D eigenvalue weighted by Gasteiger charge is -2.07. The third kappa shape index (κ3) is 4.11. The highest BCUT2D eigenvalue weighted by molar-refractivity contribution is 7.92. The summed E-state index contributed by atoms with van der Waals surface area (Å²) in [5, 5.41) is -0.517. The number of aromatic nitrogens is 1. The van der Waals surface area contributed by atoms with Gasteiger partial charge in [0.2, 0.25) is 0 Å². The number of hydrogen-bond donors (Lipinski definition) is 0. The van der Waals surface area contributed by atoms with E-state index in [4.69, 9.17) is 0 Å². The van der Waals surface area contributed by atoms with Crippen molar-refractivity contribution >= 4 is 37.3 Å². The van der Waals surface area contributed by atoms with Crippen LogP contribution in [0.3, 0.4) is 0 Å². The number of rotatable bonds is 5. The summed E-state index contributed by atoms with van der Waals surface area (Å²) in [6.07, 6.45) is 1.78. The Labute approximate surface area is 175 Å². The molecular weight excluding hydrogens is 404 g/mol. The zero-order chi connectivity index (χ0) is 21.3. The molecule has 5 nitrogen and oxygen atoms in total. The molecule has 152 valence electrons. The van der Waals surface area contributed by atoms with Gasteiger partial charge in [0.05, 0.1) is 20.4 Å². The van der Waals surface area contributed by atoms with E-state index in [1.54, 1.807) is 19.9 Å². The van der Waals surface area contributed by atoms with E-state index in [1.165, 1.54) is 35.6 Å².